The van der Waals surface area contributed by atoms with Crippen molar-refractivity contribution in [2.75, 3.05) is 19.0 Å². The van der Waals surface area contributed by atoms with Gasteiger partial charge in [-0.05, 0) is 25.8 Å². The number of amides is 3. The Kier molecular flexibility index (Phi) is 4.56. The monoisotopic (exact) mass is 403 g/mol. The fraction of sp³-hybridized carbons (Fsp3) is 0.368. The number of urea groups is 1. The van der Waals surface area contributed by atoms with E-state index >= 15 is 0 Å². The summed E-state index contributed by atoms with van der Waals surface area (Å²) in [6.07, 6.45) is 2.23. The number of anilines is 1. The molecule has 152 valence electrons. The van der Waals surface area contributed by atoms with Crippen LogP contribution < -0.4 is 15.4 Å². The fourth-order valence-corrected chi connectivity index (χ4v) is 3.61. The van der Waals surface area contributed by atoms with Gasteiger partial charge in [0.05, 0.1) is 42.0 Å². The molecule has 2 aliphatic rings. The third-order valence-corrected chi connectivity index (χ3v) is 5.17. The van der Waals surface area contributed by atoms with Gasteiger partial charge in [0.2, 0.25) is 11.8 Å². The fourth-order valence-electron chi connectivity index (χ4n) is 3.61. The maximum Gasteiger partial charge on any atom is 0.323 e. The van der Waals surface area contributed by atoms with Crippen LogP contribution in [0.25, 0.3) is 0 Å². The minimum atomic E-state index is -0.850. The van der Waals surface area contributed by atoms with Crippen molar-refractivity contribution in [3.63, 3.8) is 0 Å². The van der Waals surface area contributed by atoms with E-state index in [0.717, 1.165) is 6.20 Å². The largest absolute Gasteiger partial charge is 0.481 e. The molecule has 1 atom stereocenters. The number of nitrogens with one attached hydrogen (secondary N) is 2. The van der Waals surface area contributed by atoms with Crippen LogP contribution in [-0.2, 0) is 10.3 Å². The van der Waals surface area contributed by atoms with Gasteiger partial charge in [-0.25, -0.2) is 18.6 Å². The molecule has 1 spiro atoms. The number of nitrogens with zero attached hydrogens (tertiary/aromatic N) is 3. The van der Waals surface area contributed by atoms with Crippen molar-refractivity contribution in [3.05, 3.63) is 47.4 Å². The zero-order valence-corrected chi connectivity index (χ0v) is 15.8. The SMILES string of the molecule is COc1ccc2c(n1)C1(CC1)N(CC(=O)N[C@@H](C)c1ncc(F)cc1F)C(=O)N2. The number of carbonyl (C=O) groups is 2. The van der Waals surface area contributed by atoms with Crippen LogP contribution in [0, 0.1) is 11.6 Å². The first-order chi connectivity index (χ1) is 13.8. The lowest BCUT2D eigenvalue weighted by atomic mass is 10.0. The molecule has 1 saturated carbocycles. The predicted molar refractivity (Wildman–Crippen MR) is 98.1 cm³/mol. The normalized spacial score (nSPS) is 17.4. The number of halogens is 2. The molecule has 1 aliphatic carbocycles. The summed E-state index contributed by atoms with van der Waals surface area (Å²) in [7, 11) is 1.50. The maximum absolute atomic E-state index is 13.9. The third kappa shape index (κ3) is 3.34. The Hall–Kier alpha value is -3.30. The number of rotatable bonds is 5. The van der Waals surface area contributed by atoms with Crippen LogP contribution >= 0.6 is 0 Å². The lowest BCUT2D eigenvalue weighted by Gasteiger charge is -2.36. The molecule has 3 amide bonds. The van der Waals surface area contributed by atoms with Gasteiger partial charge in [0.15, 0.2) is 0 Å². The molecule has 0 aromatic carbocycles. The van der Waals surface area contributed by atoms with Gasteiger partial charge in [0.1, 0.15) is 18.2 Å². The van der Waals surface area contributed by atoms with E-state index in [2.05, 4.69) is 20.6 Å². The van der Waals surface area contributed by atoms with Gasteiger partial charge >= 0.3 is 6.03 Å². The van der Waals surface area contributed by atoms with Gasteiger partial charge in [0, 0.05) is 12.1 Å². The molecule has 2 N–H and O–H groups in total. The van der Waals surface area contributed by atoms with Crippen LogP contribution in [0.3, 0.4) is 0 Å². The molecule has 1 fully saturated rings. The summed E-state index contributed by atoms with van der Waals surface area (Å²) in [5, 5.41) is 5.34. The van der Waals surface area contributed by atoms with Crippen molar-refractivity contribution in [2.45, 2.75) is 31.3 Å². The molecule has 8 nitrogen and oxygen atoms in total. The molecule has 2 aromatic rings. The molecular weight excluding hydrogens is 384 g/mol. The van der Waals surface area contributed by atoms with Gasteiger partial charge in [-0.15, -0.1) is 0 Å². The maximum atomic E-state index is 13.9. The van der Waals surface area contributed by atoms with Crippen LogP contribution in [0.2, 0.25) is 0 Å². The average Bonchev–Trinajstić information content (AvgIpc) is 3.46. The van der Waals surface area contributed by atoms with Crippen molar-refractivity contribution in [2.24, 2.45) is 0 Å². The van der Waals surface area contributed by atoms with Gasteiger partial charge in [0.25, 0.3) is 0 Å². The first-order valence-electron chi connectivity index (χ1n) is 9.08. The van der Waals surface area contributed by atoms with E-state index in [-0.39, 0.29) is 12.2 Å². The van der Waals surface area contributed by atoms with Crippen molar-refractivity contribution in [1.82, 2.24) is 20.2 Å². The van der Waals surface area contributed by atoms with Gasteiger partial charge < -0.3 is 20.3 Å². The number of hydrogen-bond donors (Lipinski definition) is 2. The van der Waals surface area contributed by atoms with E-state index < -0.39 is 35.2 Å². The minimum absolute atomic E-state index is 0.0827. The summed E-state index contributed by atoms with van der Waals surface area (Å²) in [6, 6.07) is 2.89. The lowest BCUT2D eigenvalue weighted by Crippen LogP contribution is -2.52. The van der Waals surface area contributed by atoms with E-state index in [9.17, 15) is 18.4 Å². The third-order valence-electron chi connectivity index (χ3n) is 5.17. The van der Waals surface area contributed by atoms with E-state index in [1.165, 1.54) is 18.9 Å². The van der Waals surface area contributed by atoms with E-state index in [1.807, 2.05) is 0 Å². The van der Waals surface area contributed by atoms with Crippen LogP contribution in [0.5, 0.6) is 5.88 Å². The summed E-state index contributed by atoms with van der Waals surface area (Å²) in [6.45, 7) is 1.30. The first-order valence-corrected chi connectivity index (χ1v) is 9.08. The summed E-state index contributed by atoms with van der Waals surface area (Å²) in [5.41, 5.74) is 0.506. The second kappa shape index (κ2) is 6.94. The van der Waals surface area contributed by atoms with Gasteiger partial charge in [-0.1, -0.05) is 0 Å². The standard InChI is InChI=1S/C19H19F2N5O3/c1-10(16-12(21)7-11(20)8-22-16)23-14(27)9-26-18(28)24-13-3-4-15(29-2)25-17(13)19(26)5-6-19/h3-4,7-8,10H,5-6,9H2,1-2H3,(H,23,27)(H,24,28)/t10-/m0/s1. The topological polar surface area (TPSA) is 96.4 Å². The summed E-state index contributed by atoms with van der Waals surface area (Å²) in [4.78, 5) is 34.8. The van der Waals surface area contributed by atoms with Crippen LogP contribution in [0.4, 0.5) is 19.3 Å². The number of ether oxygens (including phenoxy) is 1. The highest BCUT2D eigenvalue weighted by Crippen LogP contribution is 2.54. The Morgan fingerprint density at radius 1 is 1.41 bits per heavy atom. The molecule has 0 radical (unpaired) electrons. The van der Waals surface area contributed by atoms with E-state index in [0.29, 0.717) is 36.2 Å². The molecule has 0 unspecified atom stereocenters. The smallest absolute Gasteiger partial charge is 0.323 e. The van der Waals surface area contributed by atoms with Crippen molar-refractivity contribution in [1.29, 1.82) is 0 Å². The quantitative estimate of drug-likeness (QED) is 0.800. The Morgan fingerprint density at radius 3 is 2.83 bits per heavy atom. The Labute approximate surface area is 165 Å². The number of pyridine rings is 2. The molecule has 4 rings (SSSR count). The number of methoxy groups -OCH3 is 1. The highest BCUT2D eigenvalue weighted by atomic mass is 19.1. The van der Waals surface area contributed by atoms with Crippen LogP contribution in [0.1, 0.15) is 37.2 Å². The molecule has 0 saturated heterocycles. The molecule has 0 bridgehead atoms. The van der Waals surface area contributed by atoms with Gasteiger partial charge in [-0.2, -0.15) is 0 Å². The van der Waals surface area contributed by atoms with E-state index in [4.69, 9.17) is 4.74 Å². The number of fused-ring (bicyclic) bond motifs is 2. The van der Waals surface area contributed by atoms with Gasteiger partial charge in [-0.3, -0.25) is 9.78 Å². The average molecular weight is 403 g/mol. The molecule has 3 heterocycles. The summed E-state index contributed by atoms with van der Waals surface area (Å²) >= 11 is 0. The highest BCUT2D eigenvalue weighted by Gasteiger charge is 2.57. The second-order valence-corrected chi connectivity index (χ2v) is 7.11. The number of aromatic nitrogens is 2. The van der Waals surface area contributed by atoms with Crippen LogP contribution in [-0.4, -0.2) is 40.5 Å². The van der Waals surface area contributed by atoms with Crippen molar-refractivity contribution in [3.8, 4) is 5.88 Å². The van der Waals surface area contributed by atoms with E-state index in [1.54, 1.807) is 12.1 Å². The zero-order valence-electron chi connectivity index (χ0n) is 15.8. The lowest BCUT2D eigenvalue weighted by molar-refractivity contribution is -0.123. The zero-order chi connectivity index (χ0) is 20.8. The Balaban J connectivity index is 1.51. The molecule has 29 heavy (non-hydrogen) atoms. The molecule has 1 aliphatic heterocycles. The highest BCUT2D eigenvalue weighted by molar-refractivity contribution is 5.96. The van der Waals surface area contributed by atoms with Crippen molar-refractivity contribution >= 4 is 17.6 Å². The molecule has 10 heteroatoms. The first kappa shape index (κ1) is 19.0. The number of hydrogen-bond acceptors (Lipinski definition) is 5. The van der Waals surface area contributed by atoms with Crippen LogP contribution in [0.15, 0.2) is 24.4 Å². The Morgan fingerprint density at radius 2 is 2.17 bits per heavy atom. The Bertz CT molecular complexity index is 996. The summed E-state index contributed by atoms with van der Waals surface area (Å²) in [5.74, 6) is -1.72. The van der Waals surface area contributed by atoms with Crippen molar-refractivity contribution < 1.29 is 23.1 Å². The molecule has 2 aromatic heterocycles. The summed E-state index contributed by atoms with van der Waals surface area (Å²) < 4.78 is 32.1. The second-order valence-electron chi connectivity index (χ2n) is 7.11. The molecular formula is C19H19F2N5O3. The minimum Gasteiger partial charge on any atom is -0.481 e. The predicted octanol–water partition coefficient (Wildman–Crippen LogP) is 2.48. The number of carbonyl (C=O) groups excluding carboxylic acids is 2.